The Morgan fingerprint density at radius 1 is 1.07 bits per heavy atom. The van der Waals surface area contributed by atoms with Gasteiger partial charge in [-0.3, -0.25) is 30.3 Å². The monoisotopic (exact) mass is 404 g/mol. The van der Waals surface area contributed by atoms with E-state index in [1.807, 2.05) is 0 Å². The molecule has 0 fully saturated rings. The molecular weight excluding hydrogens is 396 g/mol. The first kappa shape index (κ1) is 18.2. The molecule has 0 bridgehead atoms. The maximum absolute atomic E-state index is 12.2. The number of amides is 1. The average molecular weight is 404 g/mol. The highest BCUT2D eigenvalue weighted by molar-refractivity contribution is 7.19. The molecule has 1 amide bonds. The van der Waals surface area contributed by atoms with Crippen LogP contribution in [0.1, 0.15) is 15.2 Å². The Hall–Kier alpha value is -3.58. The van der Waals surface area contributed by atoms with Gasteiger partial charge in [-0.05, 0) is 12.1 Å². The molecule has 0 aliphatic carbocycles. The molecule has 0 saturated carbocycles. The summed E-state index contributed by atoms with van der Waals surface area (Å²) in [7, 11) is 0. The third-order valence-electron chi connectivity index (χ3n) is 3.07. The number of hydrogen-bond donors (Lipinski definition) is 1. The summed E-state index contributed by atoms with van der Waals surface area (Å²) < 4.78 is 0. The number of hydrogen-bond acceptors (Lipinski definition) is 10. The van der Waals surface area contributed by atoms with Crippen LogP contribution in [0.5, 0.6) is 0 Å². The van der Waals surface area contributed by atoms with Crippen LogP contribution >= 0.6 is 22.7 Å². The maximum atomic E-state index is 12.2. The van der Waals surface area contributed by atoms with Gasteiger partial charge in [0.1, 0.15) is 5.56 Å². The van der Waals surface area contributed by atoms with Gasteiger partial charge in [0.2, 0.25) is 10.3 Å². The number of nitro benzene ring substituents is 1. The van der Waals surface area contributed by atoms with Gasteiger partial charge in [0.25, 0.3) is 11.6 Å². The van der Waals surface area contributed by atoms with E-state index in [0.717, 1.165) is 22.7 Å². The maximum Gasteiger partial charge on any atom is 0.324 e. The molecule has 0 radical (unpaired) electrons. The normalized spacial score (nSPS) is 10.8. The lowest BCUT2D eigenvalue weighted by molar-refractivity contribution is -0.385. The van der Waals surface area contributed by atoms with Crippen LogP contribution in [0.2, 0.25) is 0 Å². The second kappa shape index (κ2) is 7.76. The number of rotatable bonds is 6. The molecule has 136 valence electrons. The summed E-state index contributed by atoms with van der Waals surface area (Å²) in [5.41, 5.74) is -0.425. The lowest BCUT2D eigenvalue weighted by Gasteiger charge is -2.01. The third kappa shape index (κ3) is 4.34. The first-order valence-electron chi connectivity index (χ1n) is 7.10. The quantitative estimate of drug-likeness (QED) is 0.375. The van der Waals surface area contributed by atoms with Crippen molar-refractivity contribution in [3.8, 4) is 0 Å². The number of para-hydroxylation sites is 1. The summed E-state index contributed by atoms with van der Waals surface area (Å²) in [4.78, 5) is 37.3. The van der Waals surface area contributed by atoms with E-state index in [1.165, 1.54) is 36.5 Å². The Kier molecular flexibility index (Phi) is 5.23. The van der Waals surface area contributed by atoms with Crippen LogP contribution in [0.15, 0.2) is 41.4 Å². The summed E-state index contributed by atoms with van der Waals surface area (Å²) in [6, 6.07) is 8.44. The number of nitro groups is 2. The highest BCUT2D eigenvalue weighted by Crippen LogP contribution is 2.26. The fourth-order valence-electron chi connectivity index (χ4n) is 1.94. The zero-order valence-corrected chi connectivity index (χ0v) is 14.8. The Bertz CT molecular complexity index is 1060. The van der Waals surface area contributed by atoms with Crippen molar-refractivity contribution in [3.05, 3.63) is 67.1 Å². The van der Waals surface area contributed by atoms with Crippen LogP contribution in [0, 0.1) is 20.2 Å². The van der Waals surface area contributed by atoms with Crippen molar-refractivity contribution in [1.82, 2.24) is 10.2 Å². The molecule has 3 aromatic rings. The summed E-state index contributed by atoms with van der Waals surface area (Å²) in [5.74, 6) is -0.692. The average Bonchev–Trinajstić information content (AvgIpc) is 3.29. The number of benzene rings is 1. The standard InChI is InChI=1S/C14H8N6O5S2/c21-12(9-3-1-2-4-10(9)19(22)23)16-14-18-17-13(27-14)15-7-8-5-6-11(26-8)20(24)25/h1-7H,(H,16,18,21). The van der Waals surface area contributed by atoms with Crippen molar-refractivity contribution in [1.29, 1.82) is 0 Å². The van der Waals surface area contributed by atoms with Gasteiger partial charge in [-0.1, -0.05) is 34.8 Å². The zero-order valence-electron chi connectivity index (χ0n) is 13.1. The summed E-state index contributed by atoms with van der Waals surface area (Å²) in [5, 5.41) is 31.9. The van der Waals surface area contributed by atoms with E-state index in [9.17, 15) is 25.0 Å². The van der Waals surface area contributed by atoms with E-state index in [0.29, 0.717) is 4.88 Å². The number of anilines is 1. The number of aliphatic imine (C=N–C) groups is 1. The molecule has 0 spiro atoms. The van der Waals surface area contributed by atoms with Crippen LogP contribution in [-0.2, 0) is 0 Å². The Morgan fingerprint density at radius 3 is 2.56 bits per heavy atom. The Morgan fingerprint density at radius 2 is 1.85 bits per heavy atom. The molecule has 2 aromatic heterocycles. The summed E-state index contributed by atoms with van der Waals surface area (Å²) >= 11 is 1.91. The molecule has 1 N–H and O–H groups in total. The number of thiophene rings is 1. The minimum absolute atomic E-state index is 0.00822. The van der Waals surface area contributed by atoms with Crippen molar-refractivity contribution in [2.45, 2.75) is 0 Å². The van der Waals surface area contributed by atoms with Crippen molar-refractivity contribution < 1.29 is 14.6 Å². The van der Waals surface area contributed by atoms with Crippen LogP contribution in [-0.4, -0.2) is 32.2 Å². The largest absolute Gasteiger partial charge is 0.324 e. The molecule has 0 aliphatic heterocycles. The first-order chi connectivity index (χ1) is 12.9. The van der Waals surface area contributed by atoms with Crippen molar-refractivity contribution in [3.63, 3.8) is 0 Å². The van der Waals surface area contributed by atoms with Gasteiger partial charge in [0, 0.05) is 18.3 Å². The highest BCUT2D eigenvalue weighted by Gasteiger charge is 2.20. The number of nitrogens with zero attached hydrogens (tertiary/aromatic N) is 5. The zero-order chi connectivity index (χ0) is 19.4. The predicted octanol–water partition coefficient (Wildman–Crippen LogP) is 3.42. The van der Waals surface area contributed by atoms with Gasteiger partial charge in [0.15, 0.2) is 0 Å². The Balaban J connectivity index is 1.71. The molecule has 27 heavy (non-hydrogen) atoms. The van der Waals surface area contributed by atoms with E-state index in [4.69, 9.17) is 0 Å². The second-order valence-corrected chi connectivity index (χ2v) is 6.86. The van der Waals surface area contributed by atoms with E-state index < -0.39 is 15.8 Å². The number of carbonyl (C=O) groups excluding carboxylic acids is 1. The lowest BCUT2D eigenvalue weighted by atomic mass is 10.1. The molecule has 1 aromatic carbocycles. The molecule has 13 heteroatoms. The SMILES string of the molecule is O=C(Nc1nnc(N=Cc2ccc([N+](=O)[O-])s2)s1)c1ccccc1[N+](=O)[O-]. The van der Waals surface area contributed by atoms with Crippen LogP contribution < -0.4 is 5.32 Å². The smallest absolute Gasteiger partial charge is 0.296 e. The van der Waals surface area contributed by atoms with Gasteiger partial charge >= 0.3 is 5.00 Å². The van der Waals surface area contributed by atoms with E-state index in [2.05, 4.69) is 20.5 Å². The second-order valence-electron chi connectivity index (χ2n) is 4.81. The minimum atomic E-state index is -0.692. The van der Waals surface area contributed by atoms with Gasteiger partial charge in [-0.15, -0.1) is 10.2 Å². The first-order valence-corrected chi connectivity index (χ1v) is 8.74. The molecule has 11 nitrogen and oxygen atoms in total. The molecule has 2 heterocycles. The molecule has 0 unspecified atom stereocenters. The van der Waals surface area contributed by atoms with Crippen LogP contribution in [0.4, 0.5) is 21.0 Å². The molecule has 3 rings (SSSR count). The minimum Gasteiger partial charge on any atom is -0.296 e. The number of aromatic nitrogens is 2. The Labute approximate surface area is 158 Å². The molecule has 0 aliphatic rings. The highest BCUT2D eigenvalue weighted by atomic mass is 32.1. The fraction of sp³-hybridized carbons (Fsp3) is 0. The van der Waals surface area contributed by atoms with E-state index in [1.54, 1.807) is 6.07 Å². The lowest BCUT2D eigenvalue weighted by Crippen LogP contribution is -2.13. The summed E-state index contributed by atoms with van der Waals surface area (Å²) in [6.45, 7) is 0. The fourth-order valence-corrected chi connectivity index (χ4v) is 3.22. The molecule has 0 atom stereocenters. The van der Waals surface area contributed by atoms with Crippen molar-refractivity contribution >= 4 is 55.7 Å². The molecular formula is C14H8N6O5S2. The van der Waals surface area contributed by atoms with Gasteiger partial charge < -0.3 is 0 Å². The molecule has 0 saturated heterocycles. The van der Waals surface area contributed by atoms with E-state index >= 15 is 0 Å². The topological polar surface area (TPSA) is 154 Å². The van der Waals surface area contributed by atoms with Crippen LogP contribution in [0.25, 0.3) is 0 Å². The van der Waals surface area contributed by atoms with Gasteiger partial charge in [0.05, 0.1) is 14.7 Å². The third-order valence-corrected chi connectivity index (χ3v) is 4.79. The van der Waals surface area contributed by atoms with E-state index in [-0.39, 0.29) is 26.5 Å². The van der Waals surface area contributed by atoms with Crippen molar-refractivity contribution in [2.24, 2.45) is 4.99 Å². The number of carbonyl (C=O) groups is 1. The van der Waals surface area contributed by atoms with Crippen molar-refractivity contribution in [2.75, 3.05) is 5.32 Å². The predicted molar refractivity (Wildman–Crippen MR) is 99.2 cm³/mol. The number of nitrogens with one attached hydrogen (secondary N) is 1. The van der Waals surface area contributed by atoms with Gasteiger partial charge in [-0.25, -0.2) is 4.99 Å². The summed E-state index contributed by atoms with van der Waals surface area (Å²) in [6.07, 6.45) is 1.39. The van der Waals surface area contributed by atoms with Gasteiger partial charge in [-0.2, -0.15) is 0 Å². The van der Waals surface area contributed by atoms with Crippen LogP contribution in [0.3, 0.4) is 0 Å².